The minimum atomic E-state index is -0.0222. The van der Waals surface area contributed by atoms with Gasteiger partial charge >= 0.3 is 0 Å². The van der Waals surface area contributed by atoms with Crippen LogP contribution in [0.3, 0.4) is 0 Å². The molecule has 1 unspecified atom stereocenters. The topological polar surface area (TPSA) is 35.5 Å². The lowest BCUT2D eigenvalue weighted by atomic mass is 9.47. The molecule has 1 aliphatic heterocycles. The van der Waals surface area contributed by atoms with Gasteiger partial charge in [0.2, 0.25) is 0 Å². The number of allylic oxidation sites excluding steroid dienone is 1. The quantitative estimate of drug-likeness (QED) is 0.620. The Morgan fingerprint density at radius 3 is 2.85 bits per heavy atom. The van der Waals surface area contributed by atoms with E-state index in [0.717, 1.165) is 44.8 Å². The molecule has 3 heteroatoms. The van der Waals surface area contributed by atoms with E-state index in [4.69, 9.17) is 9.47 Å². The van der Waals surface area contributed by atoms with Gasteiger partial charge in [-0.3, -0.25) is 4.79 Å². The maximum absolute atomic E-state index is 12.6. The number of carbonyl (C=O) groups excluding carboxylic acids is 1. The Kier molecular flexibility index (Phi) is 4.75. The van der Waals surface area contributed by atoms with Gasteiger partial charge in [0.25, 0.3) is 0 Å². The monoisotopic (exact) mass is 372 g/mol. The fraction of sp³-hybridized carbons (Fsp3) is 0.875. The fourth-order valence-electron chi connectivity index (χ4n) is 7.66. The van der Waals surface area contributed by atoms with Crippen molar-refractivity contribution in [2.24, 2.45) is 28.6 Å². The molecule has 0 aromatic heterocycles. The Hall–Kier alpha value is -0.670. The van der Waals surface area contributed by atoms with Crippen molar-refractivity contribution in [3.8, 4) is 0 Å². The van der Waals surface area contributed by atoms with Gasteiger partial charge in [0.15, 0.2) is 6.29 Å². The summed E-state index contributed by atoms with van der Waals surface area (Å²) in [6.07, 6.45) is 16.7. The van der Waals surface area contributed by atoms with Crippen molar-refractivity contribution in [3.63, 3.8) is 0 Å². The summed E-state index contributed by atoms with van der Waals surface area (Å²) in [5, 5.41) is 0. The summed E-state index contributed by atoms with van der Waals surface area (Å²) in [6, 6.07) is 0. The van der Waals surface area contributed by atoms with Gasteiger partial charge in [-0.1, -0.05) is 18.6 Å². The second kappa shape index (κ2) is 6.99. The lowest BCUT2D eigenvalue weighted by Crippen LogP contribution is -2.53. The van der Waals surface area contributed by atoms with Gasteiger partial charge in [-0.15, -0.1) is 0 Å². The summed E-state index contributed by atoms with van der Waals surface area (Å²) in [6.45, 7) is 3.99. The molecule has 0 aromatic rings. The second-order valence-electron chi connectivity index (χ2n) is 10.2. The Bertz CT molecular complexity index is 619. The van der Waals surface area contributed by atoms with Crippen molar-refractivity contribution in [3.05, 3.63) is 11.6 Å². The van der Waals surface area contributed by atoms with Crippen molar-refractivity contribution >= 4 is 5.78 Å². The molecule has 150 valence electrons. The highest BCUT2D eigenvalue weighted by Gasteiger charge is 2.60. The van der Waals surface area contributed by atoms with Crippen LogP contribution in [0.4, 0.5) is 0 Å². The number of ketones is 1. The first-order valence-corrected chi connectivity index (χ1v) is 11.6. The first kappa shape index (κ1) is 18.4. The van der Waals surface area contributed by atoms with Crippen molar-refractivity contribution in [1.82, 2.24) is 0 Å². The summed E-state index contributed by atoms with van der Waals surface area (Å²) < 4.78 is 12.4. The van der Waals surface area contributed by atoms with Crippen molar-refractivity contribution in [1.29, 1.82) is 0 Å². The summed E-state index contributed by atoms with van der Waals surface area (Å²) in [5.41, 5.74) is 1.90. The van der Waals surface area contributed by atoms with E-state index < -0.39 is 0 Å². The molecular formula is C24H36O3. The Morgan fingerprint density at radius 2 is 2.00 bits per heavy atom. The standard InChI is InChI=1S/C24H36O3/c1-23-14-12-20-18(19(23)10-11-21(23)25)9-8-17-6-2-4-13-24(17,20)16-27-22-7-3-5-15-26-22/h6,18-20,22H,2-5,7-16H2,1H3/t18-,19-,20-,22?,23-,24+/m0/s1. The Morgan fingerprint density at radius 1 is 1.07 bits per heavy atom. The molecule has 1 heterocycles. The lowest BCUT2D eigenvalue weighted by Gasteiger charge is -2.58. The molecule has 5 aliphatic rings. The number of hydrogen-bond acceptors (Lipinski definition) is 3. The molecular weight excluding hydrogens is 336 g/mol. The van der Waals surface area contributed by atoms with Crippen LogP contribution in [-0.2, 0) is 14.3 Å². The molecule has 0 spiro atoms. The first-order chi connectivity index (χ1) is 13.1. The van der Waals surface area contributed by atoms with E-state index in [1.807, 2.05) is 0 Å². The average Bonchev–Trinajstić information content (AvgIpc) is 3.02. The molecule has 5 rings (SSSR count). The van der Waals surface area contributed by atoms with Crippen molar-refractivity contribution < 1.29 is 14.3 Å². The zero-order valence-corrected chi connectivity index (χ0v) is 17.0. The summed E-state index contributed by atoms with van der Waals surface area (Å²) in [7, 11) is 0. The van der Waals surface area contributed by atoms with Gasteiger partial charge in [-0.25, -0.2) is 0 Å². The van der Waals surface area contributed by atoms with Gasteiger partial charge in [-0.05, 0) is 88.4 Å². The van der Waals surface area contributed by atoms with E-state index in [0.29, 0.717) is 17.6 Å². The molecule has 27 heavy (non-hydrogen) atoms. The molecule has 0 N–H and O–H groups in total. The number of ether oxygens (including phenoxy) is 2. The normalized spacial score (nSPS) is 47.0. The maximum atomic E-state index is 12.6. The smallest absolute Gasteiger partial charge is 0.157 e. The molecule has 0 bridgehead atoms. The summed E-state index contributed by atoms with van der Waals surface area (Å²) in [5.74, 6) is 2.61. The number of fused-ring (bicyclic) bond motifs is 5. The largest absolute Gasteiger partial charge is 0.353 e. The number of carbonyl (C=O) groups is 1. The van der Waals surface area contributed by atoms with Crippen molar-refractivity contribution in [2.45, 2.75) is 90.3 Å². The van der Waals surface area contributed by atoms with E-state index in [-0.39, 0.29) is 17.1 Å². The first-order valence-electron chi connectivity index (χ1n) is 11.6. The van der Waals surface area contributed by atoms with Crippen LogP contribution in [-0.4, -0.2) is 25.3 Å². The van der Waals surface area contributed by atoms with Crippen LogP contribution < -0.4 is 0 Å². The number of Topliss-reactive ketones (excluding diaryl/α,β-unsaturated/α-hetero) is 1. The molecule has 1 saturated heterocycles. The minimum absolute atomic E-state index is 0.0126. The molecule has 3 saturated carbocycles. The zero-order valence-electron chi connectivity index (χ0n) is 17.0. The highest BCUT2D eigenvalue weighted by molar-refractivity contribution is 5.87. The Balaban J connectivity index is 1.41. The molecule has 0 aromatic carbocycles. The highest BCUT2D eigenvalue weighted by atomic mass is 16.7. The molecule has 4 aliphatic carbocycles. The molecule has 4 fully saturated rings. The lowest BCUT2D eigenvalue weighted by molar-refractivity contribution is -0.191. The number of hydrogen-bond donors (Lipinski definition) is 0. The minimum Gasteiger partial charge on any atom is -0.353 e. The second-order valence-corrected chi connectivity index (χ2v) is 10.2. The van der Waals surface area contributed by atoms with Crippen LogP contribution in [0.25, 0.3) is 0 Å². The van der Waals surface area contributed by atoms with Gasteiger partial charge in [0, 0.05) is 23.9 Å². The van der Waals surface area contributed by atoms with Crippen LogP contribution in [0.5, 0.6) is 0 Å². The van der Waals surface area contributed by atoms with E-state index >= 15 is 0 Å². The van der Waals surface area contributed by atoms with E-state index in [1.165, 1.54) is 51.4 Å². The third kappa shape index (κ3) is 2.87. The van der Waals surface area contributed by atoms with Crippen LogP contribution in [0.1, 0.15) is 84.0 Å². The van der Waals surface area contributed by atoms with Crippen molar-refractivity contribution in [2.75, 3.05) is 13.2 Å². The van der Waals surface area contributed by atoms with Gasteiger partial charge in [-0.2, -0.15) is 0 Å². The maximum Gasteiger partial charge on any atom is 0.157 e. The number of rotatable bonds is 3. The fourth-order valence-corrected chi connectivity index (χ4v) is 7.66. The molecule has 0 radical (unpaired) electrons. The van der Waals surface area contributed by atoms with Gasteiger partial charge in [0.05, 0.1) is 6.61 Å². The Labute approximate surface area is 164 Å². The van der Waals surface area contributed by atoms with Crippen LogP contribution in [0, 0.1) is 28.6 Å². The molecule has 3 nitrogen and oxygen atoms in total. The SMILES string of the molecule is C[C@]12CC[C@H]3[C@@H](CCC4=CCCC[C@@]43COC3CCCCO3)[C@@H]1CCC2=O. The third-order valence-electron chi connectivity index (χ3n) is 9.12. The van der Waals surface area contributed by atoms with E-state index in [1.54, 1.807) is 5.57 Å². The zero-order chi connectivity index (χ0) is 18.5. The van der Waals surface area contributed by atoms with Gasteiger partial charge in [0.1, 0.15) is 5.78 Å². The molecule has 6 atom stereocenters. The average molecular weight is 373 g/mol. The van der Waals surface area contributed by atoms with E-state index in [2.05, 4.69) is 13.0 Å². The van der Waals surface area contributed by atoms with E-state index in [9.17, 15) is 4.79 Å². The summed E-state index contributed by atoms with van der Waals surface area (Å²) >= 11 is 0. The molecule has 0 amide bonds. The van der Waals surface area contributed by atoms with Crippen LogP contribution in [0.2, 0.25) is 0 Å². The highest BCUT2D eigenvalue weighted by Crippen LogP contribution is 2.64. The van der Waals surface area contributed by atoms with Crippen LogP contribution >= 0.6 is 0 Å². The predicted octanol–water partition coefficient (Wildman–Crippen LogP) is 5.43. The van der Waals surface area contributed by atoms with Crippen LogP contribution in [0.15, 0.2) is 11.6 Å². The predicted molar refractivity (Wildman–Crippen MR) is 105 cm³/mol. The van der Waals surface area contributed by atoms with Gasteiger partial charge < -0.3 is 9.47 Å². The summed E-state index contributed by atoms with van der Waals surface area (Å²) in [4.78, 5) is 12.6. The third-order valence-corrected chi connectivity index (χ3v) is 9.12.